The first kappa shape index (κ1) is 18.6. The SMILES string of the molecule is Cc1ccc(SCC(=O)NNC(=O)Cc2ccc(Cl)c(Cl)c2)cc1. The van der Waals surface area contributed by atoms with Crippen LogP contribution in [0.3, 0.4) is 0 Å². The molecule has 7 heteroatoms. The summed E-state index contributed by atoms with van der Waals surface area (Å²) in [5.41, 5.74) is 6.65. The molecule has 0 aliphatic rings. The van der Waals surface area contributed by atoms with Gasteiger partial charge in [0.25, 0.3) is 0 Å². The normalized spacial score (nSPS) is 10.3. The third-order valence-electron chi connectivity index (χ3n) is 3.08. The molecular weight excluding hydrogens is 367 g/mol. The zero-order chi connectivity index (χ0) is 17.5. The van der Waals surface area contributed by atoms with Gasteiger partial charge in [0.1, 0.15) is 0 Å². The highest BCUT2D eigenvalue weighted by atomic mass is 35.5. The second kappa shape index (κ2) is 8.97. The first-order valence-corrected chi connectivity index (χ1v) is 8.89. The lowest BCUT2D eigenvalue weighted by Gasteiger charge is -2.08. The third kappa shape index (κ3) is 6.07. The van der Waals surface area contributed by atoms with E-state index in [9.17, 15) is 9.59 Å². The summed E-state index contributed by atoms with van der Waals surface area (Å²) < 4.78 is 0. The molecule has 0 radical (unpaired) electrons. The molecule has 0 heterocycles. The predicted octanol–water partition coefficient (Wildman–Crippen LogP) is 3.78. The van der Waals surface area contributed by atoms with Crippen LogP contribution in [0.1, 0.15) is 11.1 Å². The largest absolute Gasteiger partial charge is 0.273 e. The Kier molecular flexibility index (Phi) is 6.97. The summed E-state index contributed by atoms with van der Waals surface area (Å²) in [5.74, 6) is -0.388. The summed E-state index contributed by atoms with van der Waals surface area (Å²) in [6.45, 7) is 2.00. The average Bonchev–Trinajstić information content (AvgIpc) is 2.56. The van der Waals surface area contributed by atoms with E-state index in [1.54, 1.807) is 18.2 Å². The number of benzene rings is 2. The Hall–Kier alpha value is -1.69. The fourth-order valence-corrected chi connectivity index (χ4v) is 2.86. The number of thioether (sulfide) groups is 1. The topological polar surface area (TPSA) is 58.2 Å². The van der Waals surface area contributed by atoms with Crippen LogP contribution in [0.5, 0.6) is 0 Å². The molecule has 2 amide bonds. The summed E-state index contributed by atoms with van der Waals surface area (Å²) >= 11 is 13.1. The molecule has 2 rings (SSSR count). The molecule has 0 fully saturated rings. The molecule has 0 aromatic heterocycles. The summed E-state index contributed by atoms with van der Waals surface area (Å²) in [7, 11) is 0. The lowest BCUT2D eigenvalue weighted by Crippen LogP contribution is -2.43. The minimum atomic E-state index is -0.331. The van der Waals surface area contributed by atoms with Crippen LogP contribution >= 0.6 is 35.0 Å². The molecule has 0 aliphatic heterocycles. The molecule has 0 saturated heterocycles. The zero-order valence-electron chi connectivity index (χ0n) is 12.9. The van der Waals surface area contributed by atoms with Gasteiger partial charge in [-0.3, -0.25) is 20.4 Å². The van der Waals surface area contributed by atoms with Crippen LogP contribution in [-0.4, -0.2) is 17.6 Å². The van der Waals surface area contributed by atoms with E-state index < -0.39 is 0 Å². The van der Waals surface area contributed by atoms with Gasteiger partial charge in [0, 0.05) is 4.90 Å². The van der Waals surface area contributed by atoms with E-state index in [0.717, 1.165) is 4.90 Å². The first-order chi connectivity index (χ1) is 11.4. The van der Waals surface area contributed by atoms with Crippen molar-refractivity contribution in [1.29, 1.82) is 0 Å². The number of carbonyl (C=O) groups excluding carboxylic acids is 2. The van der Waals surface area contributed by atoms with Crippen molar-refractivity contribution in [3.8, 4) is 0 Å². The summed E-state index contributed by atoms with van der Waals surface area (Å²) in [5, 5.41) is 0.822. The number of halogens is 2. The Bertz CT molecular complexity index is 736. The van der Waals surface area contributed by atoms with Gasteiger partial charge in [0.05, 0.1) is 22.2 Å². The van der Waals surface area contributed by atoms with Crippen LogP contribution in [-0.2, 0) is 16.0 Å². The Morgan fingerprint density at radius 2 is 1.62 bits per heavy atom. The fraction of sp³-hybridized carbons (Fsp3) is 0.176. The molecule has 2 aromatic carbocycles. The van der Waals surface area contributed by atoms with Gasteiger partial charge in [0.2, 0.25) is 11.8 Å². The Labute approximate surface area is 154 Å². The Balaban J connectivity index is 1.73. The van der Waals surface area contributed by atoms with E-state index in [4.69, 9.17) is 23.2 Å². The van der Waals surface area contributed by atoms with Gasteiger partial charge in [-0.05, 0) is 36.8 Å². The fourth-order valence-electron chi connectivity index (χ4n) is 1.84. The number of aryl methyl sites for hydroxylation is 1. The van der Waals surface area contributed by atoms with Gasteiger partial charge >= 0.3 is 0 Å². The van der Waals surface area contributed by atoms with Crippen LogP contribution in [0.4, 0.5) is 0 Å². The van der Waals surface area contributed by atoms with Crippen LogP contribution < -0.4 is 10.9 Å². The Morgan fingerprint density at radius 3 is 2.29 bits per heavy atom. The highest BCUT2D eigenvalue weighted by molar-refractivity contribution is 8.00. The maximum Gasteiger partial charge on any atom is 0.248 e. The van der Waals surface area contributed by atoms with Crippen molar-refractivity contribution in [2.24, 2.45) is 0 Å². The van der Waals surface area contributed by atoms with E-state index in [1.165, 1.54) is 17.3 Å². The second-order valence-corrected chi connectivity index (χ2v) is 6.99. The van der Waals surface area contributed by atoms with Crippen LogP contribution in [0, 0.1) is 6.92 Å². The van der Waals surface area contributed by atoms with Gasteiger partial charge in [-0.2, -0.15) is 0 Å². The second-order valence-electron chi connectivity index (χ2n) is 5.12. The molecule has 0 spiro atoms. The van der Waals surface area contributed by atoms with Crippen molar-refractivity contribution in [2.45, 2.75) is 18.2 Å². The highest BCUT2D eigenvalue weighted by Crippen LogP contribution is 2.22. The number of rotatable bonds is 5. The van der Waals surface area contributed by atoms with Crippen molar-refractivity contribution in [3.63, 3.8) is 0 Å². The minimum Gasteiger partial charge on any atom is -0.273 e. The molecule has 24 heavy (non-hydrogen) atoms. The number of hydrogen-bond acceptors (Lipinski definition) is 3. The molecule has 0 aliphatic carbocycles. The van der Waals surface area contributed by atoms with Crippen molar-refractivity contribution in [1.82, 2.24) is 10.9 Å². The average molecular weight is 383 g/mol. The van der Waals surface area contributed by atoms with Crippen molar-refractivity contribution >= 4 is 46.8 Å². The lowest BCUT2D eigenvalue weighted by molar-refractivity contribution is -0.127. The molecule has 126 valence electrons. The van der Waals surface area contributed by atoms with Crippen LogP contribution in [0.25, 0.3) is 0 Å². The van der Waals surface area contributed by atoms with E-state index in [2.05, 4.69) is 10.9 Å². The summed E-state index contributed by atoms with van der Waals surface area (Å²) in [6.07, 6.45) is 0.0995. The molecule has 0 bridgehead atoms. The van der Waals surface area contributed by atoms with Gasteiger partial charge < -0.3 is 0 Å². The number of nitrogens with one attached hydrogen (secondary N) is 2. The van der Waals surface area contributed by atoms with Gasteiger partial charge in [0.15, 0.2) is 0 Å². The molecule has 4 nitrogen and oxygen atoms in total. The van der Waals surface area contributed by atoms with E-state index in [0.29, 0.717) is 15.6 Å². The van der Waals surface area contributed by atoms with E-state index in [1.807, 2.05) is 31.2 Å². The molecule has 0 saturated carbocycles. The maximum absolute atomic E-state index is 11.8. The monoisotopic (exact) mass is 382 g/mol. The molecule has 0 unspecified atom stereocenters. The van der Waals surface area contributed by atoms with Crippen molar-refractivity contribution in [3.05, 3.63) is 63.6 Å². The summed E-state index contributed by atoms with van der Waals surface area (Å²) in [6, 6.07) is 12.8. The highest BCUT2D eigenvalue weighted by Gasteiger charge is 2.08. The number of hydrogen-bond donors (Lipinski definition) is 2. The lowest BCUT2D eigenvalue weighted by atomic mass is 10.1. The molecule has 0 atom stereocenters. The van der Waals surface area contributed by atoms with E-state index in [-0.39, 0.29) is 24.0 Å². The number of hydrazine groups is 1. The molecular formula is C17H16Cl2N2O2S. The van der Waals surface area contributed by atoms with Crippen LogP contribution in [0.2, 0.25) is 10.0 Å². The standard InChI is InChI=1S/C17H16Cl2N2O2S/c1-11-2-5-13(6-3-11)24-10-17(23)21-20-16(22)9-12-4-7-14(18)15(19)8-12/h2-8H,9-10H2,1H3,(H,20,22)(H,21,23). The zero-order valence-corrected chi connectivity index (χ0v) is 15.3. The molecule has 2 aromatic rings. The Morgan fingerprint density at radius 1 is 0.958 bits per heavy atom. The quantitative estimate of drug-likeness (QED) is 0.610. The minimum absolute atomic E-state index is 0.0995. The van der Waals surface area contributed by atoms with Crippen molar-refractivity contribution in [2.75, 3.05) is 5.75 Å². The molecule has 2 N–H and O–H groups in total. The summed E-state index contributed by atoms with van der Waals surface area (Å²) in [4.78, 5) is 24.6. The van der Waals surface area contributed by atoms with Gasteiger partial charge in [-0.25, -0.2) is 0 Å². The smallest absolute Gasteiger partial charge is 0.248 e. The van der Waals surface area contributed by atoms with Gasteiger partial charge in [-0.1, -0.05) is 47.0 Å². The van der Waals surface area contributed by atoms with Crippen molar-refractivity contribution < 1.29 is 9.59 Å². The first-order valence-electron chi connectivity index (χ1n) is 7.15. The maximum atomic E-state index is 11.8. The van der Waals surface area contributed by atoms with Crippen LogP contribution in [0.15, 0.2) is 47.4 Å². The predicted molar refractivity (Wildman–Crippen MR) is 98.4 cm³/mol. The van der Waals surface area contributed by atoms with E-state index >= 15 is 0 Å². The third-order valence-corrected chi connectivity index (χ3v) is 4.83. The van der Waals surface area contributed by atoms with Gasteiger partial charge in [-0.15, -0.1) is 11.8 Å². The number of amides is 2. The number of carbonyl (C=O) groups is 2.